The van der Waals surface area contributed by atoms with Gasteiger partial charge in [-0.2, -0.15) is 0 Å². The second kappa shape index (κ2) is 8.33. The van der Waals surface area contributed by atoms with Crippen molar-refractivity contribution in [2.24, 2.45) is 5.92 Å². The summed E-state index contributed by atoms with van der Waals surface area (Å²) in [7, 11) is 0. The number of amides is 2. The molecule has 2 rings (SSSR count). The zero-order valence-corrected chi connectivity index (χ0v) is 15.8. The Labute approximate surface area is 151 Å². The van der Waals surface area contributed by atoms with Gasteiger partial charge in [0.1, 0.15) is 0 Å². The molecule has 1 aliphatic heterocycles. The molecule has 2 unspecified atom stereocenters. The lowest BCUT2D eigenvalue weighted by Gasteiger charge is -2.28. The number of hydrogen-bond acceptors (Lipinski definition) is 3. The molecule has 24 heavy (non-hydrogen) atoms. The summed E-state index contributed by atoms with van der Waals surface area (Å²) in [6.07, 6.45) is 2.07. The Bertz CT molecular complexity index is 640. The third-order valence-electron chi connectivity index (χ3n) is 3.97. The van der Waals surface area contributed by atoms with Gasteiger partial charge in [-0.3, -0.25) is 0 Å². The van der Waals surface area contributed by atoms with Crippen LogP contribution in [0.15, 0.2) is 40.0 Å². The van der Waals surface area contributed by atoms with Crippen LogP contribution in [0, 0.1) is 5.92 Å². The van der Waals surface area contributed by atoms with E-state index in [-0.39, 0.29) is 6.03 Å². The predicted molar refractivity (Wildman–Crippen MR) is 96.3 cm³/mol. The summed E-state index contributed by atoms with van der Waals surface area (Å²) >= 11 is 3.39. The Morgan fingerprint density at radius 2 is 2.00 bits per heavy atom. The quantitative estimate of drug-likeness (QED) is 0.714. The monoisotopic (exact) mass is 394 g/mol. The van der Waals surface area contributed by atoms with Crippen molar-refractivity contribution < 1.29 is 14.3 Å². The van der Waals surface area contributed by atoms with Crippen molar-refractivity contribution >= 4 is 27.9 Å². The van der Waals surface area contributed by atoms with Crippen LogP contribution in [0.1, 0.15) is 45.2 Å². The van der Waals surface area contributed by atoms with Crippen LogP contribution in [0.5, 0.6) is 0 Å². The van der Waals surface area contributed by atoms with E-state index in [1.165, 1.54) is 0 Å². The summed E-state index contributed by atoms with van der Waals surface area (Å²) in [4.78, 5) is 24.4. The standard InChI is InChI=1S/C18H23BrN2O3/c1-4-5-11(2)10-24-17(22)15-12(3)20-18(23)21-16(15)13-6-8-14(19)9-7-13/h6-9,11,16H,4-5,10H2,1-3H3,(H2,20,21,23). The lowest BCUT2D eigenvalue weighted by molar-refractivity contribution is -0.140. The number of carbonyl (C=O) groups excluding carboxylic acids is 2. The van der Waals surface area contributed by atoms with E-state index in [1.54, 1.807) is 6.92 Å². The molecule has 5 nitrogen and oxygen atoms in total. The molecule has 130 valence electrons. The van der Waals surface area contributed by atoms with Gasteiger partial charge in [0, 0.05) is 10.2 Å². The van der Waals surface area contributed by atoms with Crippen LogP contribution in [-0.4, -0.2) is 18.6 Å². The second-order valence-electron chi connectivity index (χ2n) is 6.11. The van der Waals surface area contributed by atoms with Gasteiger partial charge < -0.3 is 15.4 Å². The summed E-state index contributed by atoms with van der Waals surface area (Å²) in [6.45, 7) is 6.27. The number of benzene rings is 1. The number of carbonyl (C=O) groups is 2. The van der Waals surface area contributed by atoms with Gasteiger partial charge in [0.2, 0.25) is 0 Å². The van der Waals surface area contributed by atoms with Gasteiger partial charge in [-0.05, 0) is 37.0 Å². The normalized spacial score (nSPS) is 18.7. The summed E-state index contributed by atoms with van der Waals surface area (Å²) in [5.74, 6) is -0.0759. The first-order valence-electron chi connectivity index (χ1n) is 8.13. The number of hydrogen-bond donors (Lipinski definition) is 2. The van der Waals surface area contributed by atoms with Crippen LogP contribution >= 0.6 is 15.9 Å². The van der Waals surface area contributed by atoms with E-state index in [9.17, 15) is 9.59 Å². The number of nitrogens with one attached hydrogen (secondary N) is 2. The molecule has 0 radical (unpaired) electrons. The maximum atomic E-state index is 12.6. The largest absolute Gasteiger partial charge is 0.462 e. The number of halogens is 1. The molecule has 6 heteroatoms. The highest BCUT2D eigenvalue weighted by Crippen LogP contribution is 2.28. The maximum Gasteiger partial charge on any atom is 0.338 e. The fourth-order valence-corrected chi connectivity index (χ4v) is 3.01. The molecule has 0 aromatic heterocycles. The van der Waals surface area contributed by atoms with Crippen LogP contribution in [0.4, 0.5) is 4.79 Å². The van der Waals surface area contributed by atoms with E-state index in [2.05, 4.69) is 40.4 Å². The number of urea groups is 1. The minimum Gasteiger partial charge on any atom is -0.462 e. The van der Waals surface area contributed by atoms with Gasteiger partial charge in [-0.15, -0.1) is 0 Å². The molecule has 0 saturated carbocycles. The molecule has 1 aliphatic rings. The van der Waals surface area contributed by atoms with Gasteiger partial charge in [0.15, 0.2) is 0 Å². The van der Waals surface area contributed by atoms with E-state index >= 15 is 0 Å². The van der Waals surface area contributed by atoms with E-state index in [4.69, 9.17) is 4.74 Å². The maximum absolute atomic E-state index is 12.6. The molecular weight excluding hydrogens is 372 g/mol. The molecule has 1 aromatic carbocycles. The fraction of sp³-hybridized carbons (Fsp3) is 0.444. The van der Waals surface area contributed by atoms with Crippen molar-refractivity contribution in [3.8, 4) is 0 Å². The predicted octanol–water partition coefficient (Wildman–Crippen LogP) is 4.06. The van der Waals surface area contributed by atoms with Crippen LogP contribution in [0.25, 0.3) is 0 Å². The average molecular weight is 395 g/mol. The molecule has 0 spiro atoms. The molecule has 2 N–H and O–H groups in total. The second-order valence-corrected chi connectivity index (χ2v) is 7.03. The SMILES string of the molecule is CCCC(C)COC(=O)C1=C(C)NC(=O)NC1c1ccc(Br)cc1. The highest BCUT2D eigenvalue weighted by molar-refractivity contribution is 9.10. The fourth-order valence-electron chi connectivity index (χ4n) is 2.74. The van der Waals surface area contributed by atoms with Crippen LogP contribution in [-0.2, 0) is 9.53 Å². The van der Waals surface area contributed by atoms with Gasteiger partial charge >= 0.3 is 12.0 Å². The van der Waals surface area contributed by atoms with Crippen LogP contribution in [0.2, 0.25) is 0 Å². The smallest absolute Gasteiger partial charge is 0.338 e. The van der Waals surface area contributed by atoms with E-state index in [0.29, 0.717) is 23.8 Å². The van der Waals surface area contributed by atoms with Gasteiger partial charge in [-0.25, -0.2) is 9.59 Å². The topological polar surface area (TPSA) is 67.4 Å². The van der Waals surface area contributed by atoms with Crippen molar-refractivity contribution in [2.75, 3.05) is 6.61 Å². The molecular formula is C18H23BrN2O3. The Kier molecular flexibility index (Phi) is 6.43. The van der Waals surface area contributed by atoms with E-state index < -0.39 is 12.0 Å². The first kappa shape index (κ1) is 18.5. The summed E-state index contributed by atoms with van der Waals surface area (Å²) in [5, 5.41) is 5.46. The highest BCUT2D eigenvalue weighted by Gasteiger charge is 2.32. The summed E-state index contributed by atoms with van der Waals surface area (Å²) < 4.78 is 6.41. The van der Waals surface area contributed by atoms with Crippen LogP contribution in [0.3, 0.4) is 0 Å². The lowest BCUT2D eigenvalue weighted by Crippen LogP contribution is -2.45. The average Bonchev–Trinajstić information content (AvgIpc) is 2.53. The van der Waals surface area contributed by atoms with Crippen molar-refractivity contribution in [3.05, 3.63) is 45.6 Å². The van der Waals surface area contributed by atoms with Crippen molar-refractivity contribution in [1.29, 1.82) is 0 Å². The van der Waals surface area contributed by atoms with E-state index in [1.807, 2.05) is 24.3 Å². The number of esters is 1. The van der Waals surface area contributed by atoms with Crippen LogP contribution < -0.4 is 10.6 Å². The molecule has 1 heterocycles. The molecule has 0 saturated heterocycles. The van der Waals surface area contributed by atoms with Crippen molar-refractivity contribution in [1.82, 2.24) is 10.6 Å². The Balaban J connectivity index is 2.22. The van der Waals surface area contributed by atoms with Gasteiger partial charge in [0.05, 0.1) is 18.2 Å². The zero-order chi connectivity index (χ0) is 17.7. The van der Waals surface area contributed by atoms with E-state index in [0.717, 1.165) is 22.9 Å². The number of ether oxygens (including phenoxy) is 1. The van der Waals surface area contributed by atoms with Gasteiger partial charge in [-0.1, -0.05) is 48.3 Å². The summed E-state index contributed by atoms with van der Waals surface area (Å²) in [5.41, 5.74) is 1.81. The third kappa shape index (κ3) is 4.60. The Morgan fingerprint density at radius 1 is 1.33 bits per heavy atom. The number of rotatable bonds is 6. The zero-order valence-electron chi connectivity index (χ0n) is 14.2. The number of allylic oxidation sites excluding steroid dienone is 1. The van der Waals surface area contributed by atoms with Gasteiger partial charge in [0.25, 0.3) is 0 Å². The first-order chi connectivity index (χ1) is 11.4. The molecule has 1 aromatic rings. The Morgan fingerprint density at radius 3 is 2.62 bits per heavy atom. The molecule has 2 atom stereocenters. The minimum absolute atomic E-state index is 0.317. The summed E-state index contributed by atoms with van der Waals surface area (Å²) in [6, 6.07) is 6.68. The highest BCUT2D eigenvalue weighted by atomic mass is 79.9. The lowest BCUT2D eigenvalue weighted by atomic mass is 9.95. The third-order valence-corrected chi connectivity index (χ3v) is 4.50. The first-order valence-corrected chi connectivity index (χ1v) is 8.92. The Hall–Kier alpha value is -1.82. The van der Waals surface area contributed by atoms with Crippen molar-refractivity contribution in [3.63, 3.8) is 0 Å². The molecule has 0 fully saturated rings. The molecule has 0 aliphatic carbocycles. The minimum atomic E-state index is -0.513. The molecule has 2 amide bonds. The molecule has 0 bridgehead atoms. The van der Waals surface area contributed by atoms with Crippen molar-refractivity contribution in [2.45, 2.75) is 39.7 Å².